The molecule has 2 fully saturated rings. The lowest BCUT2D eigenvalue weighted by Gasteiger charge is -2.36. The highest BCUT2D eigenvalue weighted by Gasteiger charge is 2.30. The fraction of sp³-hybridized carbons (Fsp3) is 0.632. The molecule has 3 rings (SSSR count). The fourth-order valence-electron chi connectivity index (χ4n) is 4.24. The number of nitro benzene ring substituents is 1. The zero-order chi connectivity index (χ0) is 18.8. The van der Waals surface area contributed by atoms with Crippen molar-refractivity contribution in [2.45, 2.75) is 33.2 Å². The van der Waals surface area contributed by atoms with E-state index in [9.17, 15) is 14.9 Å². The largest absolute Gasteiger partial charge is 0.365 e. The topological polar surface area (TPSA) is 78.7 Å². The summed E-state index contributed by atoms with van der Waals surface area (Å²) >= 11 is 0. The van der Waals surface area contributed by atoms with E-state index in [1.54, 1.807) is 17.0 Å². The lowest BCUT2D eigenvalue weighted by atomic mass is 9.91. The predicted molar refractivity (Wildman–Crippen MR) is 102 cm³/mol. The van der Waals surface area contributed by atoms with Gasteiger partial charge in [-0.15, -0.1) is 0 Å². The first-order valence-electron chi connectivity index (χ1n) is 9.42. The van der Waals surface area contributed by atoms with Crippen LogP contribution in [-0.4, -0.2) is 54.5 Å². The van der Waals surface area contributed by atoms with Gasteiger partial charge in [0.15, 0.2) is 0 Å². The molecule has 2 saturated heterocycles. The summed E-state index contributed by atoms with van der Waals surface area (Å²) in [6.45, 7) is 10.1. The van der Waals surface area contributed by atoms with E-state index in [1.807, 2.05) is 6.92 Å². The van der Waals surface area contributed by atoms with Crippen LogP contribution >= 0.6 is 0 Å². The van der Waals surface area contributed by atoms with Crippen LogP contribution in [0.5, 0.6) is 0 Å². The molecule has 2 aliphatic heterocycles. The van der Waals surface area contributed by atoms with Crippen LogP contribution in [-0.2, 0) is 0 Å². The van der Waals surface area contributed by atoms with Crippen LogP contribution < -0.4 is 10.2 Å². The van der Waals surface area contributed by atoms with E-state index in [0.29, 0.717) is 29.6 Å². The number of nitro groups is 1. The third-order valence-corrected chi connectivity index (χ3v) is 5.39. The molecule has 0 bridgehead atoms. The first-order chi connectivity index (χ1) is 12.4. The average molecular weight is 360 g/mol. The number of carbonyl (C=O) groups excluding carboxylic acids is 1. The molecule has 26 heavy (non-hydrogen) atoms. The smallest absolute Gasteiger partial charge is 0.293 e. The van der Waals surface area contributed by atoms with Gasteiger partial charge in [-0.1, -0.05) is 13.8 Å². The summed E-state index contributed by atoms with van der Waals surface area (Å²) in [5.74, 6) is 0.872. The molecule has 0 aromatic heterocycles. The van der Waals surface area contributed by atoms with Crippen molar-refractivity contribution < 1.29 is 9.72 Å². The maximum absolute atomic E-state index is 12.8. The Hall–Kier alpha value is -2.15. The first kappa shape index (κ1) is 18.6. The minimum Gasteiger partial charge on any atom is -0.365 e. The van der Waals surface area contributed by atoms with E-state index < -0.39 is 0 Å². The Balaban J connectivity index is 1.89. The number of nitrogens with one attached hydrogen (secondary N) is 1. The second-order valence-corrected chi connectivity index (χ2v) is 7.86. The molecule has 3 atom stereocenters. The second kappa shape index (κ2) is 7.61. The third-order valence-electron chi connectivity index (χ3n) is 5.39. The molecule has 0 saturated carbocycles. The van der Waals surface area contributed by atoms with Crippen LogP contribution in [0.2, 0.25) is 0 Å². The normalized spacial score (nSPS) is 26.7. The molecule has 2 aliphatic rings. The van der Waals surface area contributed by atoms with Gasteiger partial charge in [0, 0.05) is 50.4 Å². The summed E-state index contributed by atoms with van der Waals surface area (Å²) in [5, 5.41) is 14.9. The summed E-state index contributed by atoms with van der Waals surface area (Å²) < 4.78 is 0. The Morgan fingerprint density at radius 2 is 1.92 bits per heavy atom. The number of nitrogens with zero attached hydrogens (tertiary/aromatic N) is 3. The van der Waals surface area contributed by atoms with Crippen LogP contribution in [0.3, 0.4) is 0 Å². The fourth-order valence-corrected chi connectivity index (χ4v) is 4.24. The number of carbonyl (C=O) groups is 1. The van der Waals surface area contributed by atoms with Gasteiger partial charge in [-0.05, 0) is 37.3 Å². The molecule has 0 spiro atoms. The Labute approximate surface area is 154 Å². The zero-order valence-corrected chi connectivity index (χ0v) is 15.8. The number of piperidine rings is 1. The number of amides is 1. The molecular formula is C19H28N4O3. The van der Waals surface area contributed by atoms with Gasteiger partial charge in [-0.3, -0.25) is 14.9 Å². The van der Waals surface area contributed by atoms with Crippen molar-refractivity contribution in [2.24, 2.45) is 11.8 Å². The first-order valence-corrected chi connectivity index (χ1v) is 9.42. The Kier molecular flexibility index (Phi) is 5.46. The minimum absolute atomic E-state index is 0.0277. The molecule has 2 heterocycles. The lowest BCUT2D eigenvalue weighted by Crippen LogP contribution is -2.52. The van der Waals surface area contributed by atoms with Crippen LogP contribution in [0.4, 0.5) is 11.4 Å². The maximum atomic E-state index is 12.8. The van der Waals surface area contributed by atoms with E-state index in [2.05, 4.69) is 24.1 Å². The van der Waals surface area contributed by atoms with E-state index in [0.717, 1.165) is 32.6 Å². The van der Waals surface area contributed by atoms with Crippen molar-refractivity contribution in [3.63, 3.8) is 0 Å². The zero-order valence-electron chi connectivity index (χ0n) is 15.8. The molecular weight excluding hydrogens is 332 g/mol. The van der Waals surface area contributed by atoms with Gasteiger partial charge < -0.3 is 15.1 Å². The average Bonchev–Trinajstić information content (AvgIpc) is 2.60. The molecule has 3 unspecified atom stereocenters. The van der Waals surface area contributed by atoms with Gasteiger partial charge in [-0.25, -0.2) is 0 Å². The number of hydrogen-bond acceptors (Lipinski definition) is 5. The van der Waals surface area contributed by atoms with Crippen molar-refractivity contribution in [3.05, 3.63) is 33.9 Å². The number of rotatable bonds is 3. The monoisotopic (exact) mass is 360 g/mol. The number of hydrogen-bond donors (Lipinski definition) is 1. The molecule has 1 N–H and O–H groups in total. The van der Waals surface area contributed by atoms with E-state index >= 15 is 0 Å². The quantitative estimate of drug-likeness (QED) is 0.662. The number of piperazine rings is 1. The molecule has 1 aromatic rings. The van der Waals surface area contributed by atoms with Crippen molar-refractivity contribution in [3.8, 4) is 0 Å². The van der Waals surface area contributed by atoms with E-state index in [1.165, 1.54) is 6.07 Å². The summed E-state index contributed by atoms with van der Waals surface area (Å²) in [5.41, 5.74) is 1.05. The van der Waals surface area contributed by atoms with Gasteiger partial charge in [0.05, 0.1) is 4.92 Å². The standard InChI is InChI=1S/C19H28N4O3/c1-13-8-14(2)12-21(11-13)17-5-4-16(9-18(17)23(25)26)19(24)22-7-6-20-10-15(22)3/h4-5,9,13-15,20H,6-8,10-12H2,1-3H3. The summed E-state index contributed by atoms with van der Waals surface area (Å²) in [6, 6.07) is 5.03. The van der Waals surface area contributed by atoms with Gasteiger partial charge >= 0.3 is 0 Å². The van der Waals surface area contributed by atoms with Crippen molar-refractivity contribution in [1.82, 2.24) is 10.2 Å². The van der Waals surface area contributed by atoms with Gasteiger partial charge in [0.25, 0.3) is 11.6 Å². The van der Waals surface area contributed by atoms with Crippen LogP contribution in [0.25, 0.3) is 0 Å². The number of anilines is 1. The molecule has 7 nitrogen and oxygen atoms in total. The summed E-state index contributed by atoms with van der Waals surface area (Å²) in [6.07, 6.45) is 1.14. The van der Waals surface area contributed by atoms with Gasteiger partial charge in [0.1, 0.15) is 5.69 Å². The van der Waals surface area contributed by atoms with Gasteiger partial charge in [0.2, 0.25) is 0 Å². The highest BCUT2D eigenvalue weighted by atomic mass is 16.6. The highest BCUT2D eigenvalue weighted by molar-refractivity contribution is 5.96. The molecule has 7 heteroatoms. The molecule has 1 amide bonds. The second-order valence-electron chi connectivity index (χ2n) is 7.86. The summed E-state index contributed by atoms with van der Waals surface area (Å²) in [7, 11) is 0. The maximum Gasteiger partial charge on any atom is 0.293 e. The van der Waals surface area contributed by atoms with Crippen LogP contribution in [0.1, 0.15) is 37.6 Å². The highest BCUT2D eigenvalue weighted by Crippen LogP contribution is 2.34. The van der Waals surface area contributed by atoms with Crippen molar-refractivity contribution >= 4 is 17.3 Å². The van der Waals surface area contributed by atoms with Crippen LogP contribution in [0.15, 0.2) is 18.2 Å². The lowest BCUT2D eigenvalue weighted by molar-refractivity contribution is -0.384. The summed E-state index contributed by atoms with van der Waals surface area (Å²) in [4.78, 5) is 28.0. The van der Waals surface area contributed by atoms with Gasteiger partial charge in [-0.2, -0.15) is 0 Å². The molecule has 1 aromatic carbocycles. The molecule has 142 valence electrons. The molecule has 0 radical (unpaired) electrons. The Morgan fingerprint density at radius 1 is 1.23 bits per heavy atom. The van der Waals surface area contributed by atoms with Crippen molar-refractivity contribution in [2.75, 3.05) is 37.6 Å². The van der Waals surface area contributed by atoms with Crippen LogP contribution in [0, 0.1) is 22.0 Å². The predicted octanol–water partition coefficient (Wildman–Crippen LogP) is 2.51. The Morgan fingerprint density at radius 3 is 2.54 bits per heavy atom. The van der Waals surface area contributed by atoms with E-state index in [4.69, 9.17) is 0 Å². The minimum atomic E-state index is -0.364. The SMILES string of the molecule is CC1CC(C)CN(c2ccc(C(=O)N3CCNCC3C)cc2[N+](=O)[O-])C1. The third kappa shape index (κ3) is 3.82. The van der Waals surface area contributed by atoms with E-state index in [-0.39, 0.29) is 22.6 Å². The van der Waals surface area contributed by atoms with Crippen molar-refractivity contribution in [1.29, 1.82) is 0 Å². The number of benzene rings is 1. The Bertz CT molecular complexity index is 683. The molecule has 0 aliphatic carbocycles.